The second-order valence-corrected chi connectivity index (χ2v) is 6.94. The molecule has 4 rings (SSSR count). The lowest BCUT2D eigenvalue weighted by atomic mass is 9.78. The molecule has 1 aliphatic rings. The quantitative estimate of drug-likeness (QED) is 0.675. The number of halogens is 1. The van der Waals surface area contributed by atoms with Crippen LogP contribution in [0, 0.1) is 5.82 Å². The standard InChI is InChI=1S/C19H18FN3O3/c1-19(7-2-8-19)23-10-9-22(17(24)18(23)25)12-15-11-16(21-26-15)13-3-5-14(20)6-4-13/h3-6,9-11H,2,7-8,12H2,1H3. The minimum absolute atomic E-state index is 0.111. The molecule has 0 amide bonds. The molecule has 0 atom stereocenters. The highest BCUT2D eigenvalue weighted by Gasteiger charge is 2.34. The fourth-order valence-electron chi connectivity index (χ4n) is 3.30. The Labute approximate surface area is 148 Å². The van der Waals surface area contributed by atoms with Gasteiger partial charge < -0.3 is 13.7 Å². The molecule has 0 spiro atoms. The van der Waals surface area contributed by atoms with Crippen LogP contribution in [0.15, 0.2) is 56.8 Å². The van der Waals surface area contributed by atoms with Crippen molar-refractivity contribution in [2.45, 2.75) is 38.3 Å². The number of rotatable bonds is 4. The summed E-state index contributed by atoms with van der Waals surface area (Å²) in [5, 5.41) is 3.95. The first-order chi connectivity index (χ1) is 12.5. The van der Waals surface area contributed by atoms with Crippen LogP contribution in [0.2, 0.25) is 0 Å². The molecule has 2 heterocycles. The van der Waals surface area contributed by atoms with Crippen LogP contribution in [0.25, 0.3) is 11.3 Å². The molecule has 1 aromatic carbocycles. The first kappa shape index (κ1) is 16.5. The Morgan fingerprint density at radius 1 is 1.15 bits per heavy atom. The summed E-state index contributed by atoms with van der Waals surface area (Å²) in [5.74, 6) is 0.114. The Balaban J connectivity index is 1.60. The number of benzene rings is 1. The van der Waals surface area contributed by atoms with Crippen molar-refractivity contribution >= 4 is 0 Å². The lowest BCUT2D eigenvalue weighted by Gasteiger charge is -2.39. The van der Waals surface area contributed by atoms with Gasteiger partial charge in [-0.05, 0) is 50.5 Å². The van der Waals surface area contributed by atoms with Crippen molar-refractivity contribution in [3.8, 4) is 11.3 Å². The summed E-state index contributed by atoms with van der Waals surface area (Å²) in [6, 6.07) is 7.56. The van der Waals surface area contributed by atoms with E-state index in [1.54, 1.807) is 35.2 Å². The topological polar surface area (TPSA) is 70.0 Å². The van der Waals surface area contributed by atoms with Gasteiger partial charge in [0.1, 0.15) is 11.5 Å². The summed E-state index contributed by atoms with van der Waals surface area (Å²) < 4.78 is 21.1. The van der Waals surface area contributed by atoms with Crippen LogP contribution in [-0.4, -0.2) is 14.3 Å². The first-order valence-electron chi connectivity index (χ1n) is 8.50. The van der Waals surface area contributed by atoms with Gasteiger partial charge in [-0.1, -0.05) is 5.16 Å². The molecule has 0 N–H and O–H groups in total. The van der Waals surface area contributed by atoms with E-state index in [-0.39, 0.29) is 17.9 Å². The molecule has 7 heteroatoms. The van der Waals surface area contributed by atoms with Crippen LogP contribution in [0.4, 0.5) is 4.39 Å². The van der Waals surface area contributed by atoms with Crippen LogP contribution >= 0.6 is 0 Å². The molecule has 3 aromatic rings. The Morgan fingerprint density at radius 3 is 2.54 bits per heavy atom. The van der Waals surface area contributed by atoms with Gasteiger partial charge in [0.2, 0.25) is 0 Å². The highest BCUT2D eigenvalue weighted by atomic mass is 19.1. The predicted molar refractivity (Wildman–Crippen MR) is 93.5 cm³/mol. The van der Waals surface area contributed by atoms with Crippen LogP contribution < -0.4 is 11.1 Å². The third kappa shape index (κ3) is 2.79. The minimum Gasteiger partial charge on any atom is -0.359 e. The fourth-order valence-corrected chi connectivity index (χ4v) is 3.30. The van der Waals surface area contributed by atoms with Crippen molar-refractivity contribution in [3.05, 3.63) is 75.0 Å². The molecule has 6 nitrogen and oxygen atoms in total. The number of aromatic nitrogens is 3. The van der Waals surface area contributed by atoms with Gasteiger partial charge in [-0.15, -0.1) is 0 Å². The molecule has 2 aromatic heterocycles. The normalized spacial score (nSPS) is 15.6. The van der Waals surface area contributed by atoms with Gasteiger partial charge in [0.05, 0.1) is 6.54 Å². The molecular formula is C19H18FN3O3. The minimum atomic E-state index is -0.583. The molecule has 0 aliphatic heterocycles. The highest BCUT2D eigenvalue weighted by molar-refractivity contribution is 5.58. The van der Waals surface area contributed by atoms with Crippen molar-refractivity contribution in [1.29, 1.82) is 0 Å². The van der Waals surface area contributed by atoms with E-state index < -0.39 is 11.1 Å². The number of hydrogen-bond donors (Lipinski definition) is 0. The van der Waals surface area contributed by atoms with E-state index in [0.717, 1.165) is 19.3 Å². The molecule has 0 radical (unpaired) electrons. The largest absolute Gasteiger partial charge is 0.359 e. The summed E-state index contributed by atoms with van der Waals surface area (Å²) in [5.41, 5.74) is -0.101. The number of hydrogen-bond acceptors (Lipinski definition) is 4. The molecule has 1 fully saturated rings. The summed E-state index contributed by atoms with van der Waals surface area (Å²) in [6.07, 6.45) is 6.14. The maximum atomic E-state index is 13.0. The summed E-state index contributed by atoms with van der Waals surface area (Å²) in [6.45, 7) is 2.10. The van der Waals surface area contributed by atoms with E-state index in [1.165, 1.54) is 16.7 Å². The van der Waals surface area contributed by atoms with Crippen LogP contribution in [0.3, 0.4) is 0 Å². The van der Waals surface area contributed by atoms with Gasteiger partial charge in [0.15, 0.2) is 5.76 Å². The van der Waals surface area contributed by atoms with E-state index >= 15 is 0 Å². The zero-order chi connectivity index (χ0) is 18.3. The SMILES string of the molecule is CC1(n2ccn(Cc3cc(-c4ccc(F)cc4)no3)c(=O)c2=O)CCC1. The van der Waals surface area contributed by atoms with Crippen molar-refractivity contribution < 1.29 is 8.91 Å². The molecule has 1 aliphatic carbocycles. The molecule has 1 saturated carbocycles. The second kappa shape index (κ2) is 6.09. The first-order valence-corrected chi connectivity index (χ1v) is 8.50. The Hall–Kier alpha value is -2.96. The lowest BCUT2D eigenvalue weighted by molar-refractivity contribution is 0.161. The Kier molecular flexibility index (Phi) is 3.86. The molecule has 134 valence electrons. The van der Waals surface area contributed by atoms with Crippen molar-refractivity contribution in [3.63, 3.8) is 0 Å². The second-order valence-electron chi connectivity index (χ2n) is 6.94. The van der Waals surface area contributed by atoms with Gasteiger partial charge in [-0.3, -0.25) is 9.59 Å². The Morgan fingerprint density at radius 2 is 1.88 bits per heavy atom. The predicted octanol–water partition coefficient (Wildman–Crippen LogP) is 2.75. The Bertz CT molecular complexity index is 1060. The average Bonchev–Trinajstić information content (AvgIpc) is 3.06. The van der Waals surface area contributed by atoms with E-state index in [0.29, 0.717) is 17.0 Å². The maximum Gasteiger partial charge on any atom is 0.316 e. The summed E-state index contributed by atoms with van der Waals surface area (Å²) in [4.78, 5) is 24.8. The van der Waals surface area contributed by atoms with E-state index in [1.807, 2.05) is 6.92 Å². The third-order valence-corrected chi connectivity index (χ3v) is 5.10. The number of nitrogens with zero attached hydrogens (tertiary/aromatic N) is 3. The smallest absolute Gasteiger partial charge is 0.316 e. The van der Waals surface area contributed by atoms with Crippen molar-refractivity contribution in [2.75, 3.05) is 0 Å². The molecule has 0 saturated heterocycles. The van der Waals surface area contributed by atoms with E-state index in [2.05, 4.69) is 5.16 Å². The van der Waals surface area contributed by atoms with Gasteiger partial charge in [0.25, 0.3) is 0 Å². The molecular weight excluding hydrogens is 337 g/mol. The van der Waals surface area contributed by atoms with Crippen molar-refractivity contribution in [2.24, 2.45) is 0 Å². The van der Waals surface area contributed by atoms with Crippen molar-refractivity contribution in [1.82, 2.24) is 14.3 Å². The summed E-state index contributed by atoms with van der Waals surface area (Å²) >= 11 is 0. The molecule has 26 heavy (non-hydrogen) atoms. The average molecular weight is 355 g/mol. The lowest BCUT2D eigenvalue weighted by Crippen LogP contribution is -2.50. The third-order valence-electron chi connectivity index (χ3n) is 5.10. The van der Waals surface area contributed by atoms with Gasteiger partial charge in [0, 0.05) is 29.6 Å². The molecule has 0 unspecified atom stereocenters. The van der Waals surface area contributed by atoms with Gasteiger partial charge in [-0.2, -0.15) is 0 Å². The fraction of sp³-hybridized carbons (Fsp3) is 0.316. The van der Waals surface area contributed by atoms with Crippen LogP contribution in [0.1, 0.15) is 31.9 Å². The van der Waals surface area contributed by atoms with Crippen LogP contribution in [0.5, 0.6) is 0 Å². The van der Waals surface area contributed by atoms with Crippen LogP contribution in [-0.2, 0) is 12.1 Å². The zero-order valence-corrected chi connectivity index (χ0v) is 14.3. The maximum absolute atomic E-state index is 13.0. The van der Waals surface area contributed by atoms with E-state index in [4.69, 9.17) is 4.52 Å². The highest BCUT2D eigenvalue weighted by Crippen LogP contribution is 2.37. The zero-order valence-electron chi connectivity index (χ0n) is 14.3. The van der Waals surface area contributed by atoms with E-state index in [9.17, 15) is 14.0 Å². The van der Waals surface area contributed by atoms with Gasteiger partial charge in [-0.25, -0.2) is 4.39 Å². The van der Waals surface area contributed by atoms with Gasteiger partial charge >= 0.3 is 11.1 Å². The molecule has 0 bridgehead atoms. The monoisotopic (exact) mass is 355 g/mol. The summed E-state index contributed by atoms with van der Waals surface area (Å²) in [7, 11) is 0.